The zero-order valence-corrected chi connectivity index (χ0v) is 22.1. The summed E-state index contributed by atoms with van der Waals surface area (Å²) >= 11 is 0. The van der Waals surface area contributed by atoms with Crippen LogP contribution in [0.5, 0.6) is 11.5 Å². The molecule has 0 saturated heterocycles. The number of nitrogens with zero attached hydrogens (tertiary/aromatic N) is 1. The predicted molar refractivity (Wildman–Crippen MR) is 140 cm³/mol. The molecule has 0 fully saturated rings. The Morgan fingerprint density at radius 3 is 2.36 bits per heavy atom. The molecule has 1 N–H and O–H groups in total. The van der Waals surface area contributed by atoms with Crippen LogP contribution in [0.25, 0.3) is 0 Å². The third-order valence-corrected chi connectivity index (χ3v) is 7.91. The summed E-state index contributed by atoms with van der Waals surface area (Å²) in [5.41, 5.74) is 2.57. The minimum absolute atomic E-state index is 0.126. The molecule has 0 aromatic heterocycles. The van der Waals surface area contributed by atoms with E-state index in [-0.39, 0.29) is 17.5 Å². The first-order valence-electron chi connectivity index (χ1n) is 11.8. The first-order chi connectivity index (χ1) is 17.0. The van der Waals surface area contributed by atoms with Crippen LogP contribution in [-0.4, -0.2) is 33.6 Å². The van der Waals surface area contributed by atoms with Gasteiger partial charge in [0.05, 0.1) is 23.7 Å². The Hall–Kier alpha value is -3.52. The Morgan fingerprint density at radius 1 is 1.06 bits per heavy atom. The number of carbonyl (C=O) groups is 1. The fourth-order valence-electron chi connectivity index (χ4n) is 4.59. The van der Waals surface area contributed by atoms with Gasteiger partial charge in [-0.3, -0.25) is 9.10 Å². The number of rotatable bonds is 7. The van der Waals surface area contributed by atoms with Crippen LogP contribution in [0.3, 0.4) is 0 Å². The number of methoxy groups -OCH3 is 1. The molecule has 0 saturated carbocycles. The van der Waals surface area contributed by atoms with Gasteiger partial charge in [-0.25, -0.2) is 8.42 Å². The lowest BCUT2D eigenvalue weighted by atomic mass is 9.89. The molecule has 0 bridgehead atoms. The monoisotopic (exact) mass is 508 g/mol. The van der Waals surface area contributed by atoms with Crippen molar-refractivity contribution in [1.29, 1.82) is 0 Å². The number of anilines is 1. The molecule has 36 heavy (non-hydrogen) atoms. The predicted octanol–water partition coefficient (Wildman–Crippen LogP) is 4.93. The maximum atomic E-state index is 13.7. The van der Waals surface area contributed by atoms with E-state index in [0.29, 0.717) is 23.6 Å². The van der Waals surface area contributed by atoms with Crippen LogP contribution < -0.4 is 19.1 Å². The van der Waals surface area contributed by atoms with Gasteiger partial charge in [-0.15, -0.1) is 0 Å². The molecule has 1 amide bonds. The first-order valence-corrected chi connectivity index (χ1v) is 13.2. The highest BCUT2D eigenvalue weighted by Crippen LogP contribution is 2.41. The highest BCUT2D eigenvalue weighted by molar-refractivity contribution is 7.92. The fourth-order valence-corrected chi connectivity index (χ4v) is 6.01. The number of fused-ring (bicyclic) bond motifs is 1. The zero-order chi connectivity index (χ0) is 26.1. The number of carbonyl (C=O) groups excluding carboxylic acids is 1. The van der Waals surface area contributed by atoms with E-state index in [2.05, 4.69) is 5.32 Å². The Kier molecular flexibility index (Phi) is 7.00. The molecule has 1 aliphatic heterocycles. The van der Waals surface area contributed by atoms with Gasteiger partial charge >= 0.3 is 0 Å². The second kappa shape index (κ2) is 9.85. The molecule has 1 aliphatic rings. The second-order valence-corrected chi connectivity index (χ2v) is 11.6. The summed E-state index contributed by atoms with van der Waals surface area (Å²) in [6.45, 7) is 7.36. The zero-order valence-electron chi connectivity index (χ0n) is 21.2. The van der Waals surface area contributed by atoms with Crippen LogP contribution in [0.15, 0.2) is 71.6 Å². The van der Waals surface area contributed by atoms with Crippen molar-refractivity contribution in [3.05, 3.63) is 83.4 Å². The van der Waals surface area contributed by atoms with E-state index in [0.717, 1.165) is 16.7 Å². The Morgan fingerprint density at radius 2 is 1.72 bits per heavy atom. The summed E-state index contributed by atoms with van der Waals surface area (Å²) in [4.78, 5) is 13.5. The van der Waals surface area contributed by atoms with Gasteiger partial charge in [0.1, 0.15) is 23.6 Å². The van der Waals surface area contributed by atoms with Crippen LogP contribution in [0.1, 0.15) is 43.0 Å². The van der Waals surface area contributed by atoms with Crippen molar-refractivity contribution in [2.45, 2.75) is 50.7 Å². The summed E-state index contributed by atoms with van der Waals surface area (Å²) in [6, 6.07) is 18.8. The van der Waals surface area contributed by atoms with Crippen LogP contribution in [-0.2, 0) is 14.8 Å². The number of amides is 1. The molecule has 0 spiro atoms. The fraction of sp³-hybridized carbons (Fsp3) is 0.321. The molecule has 7 nitrogen and oxygen atoms in total. The molecule has 4 rings (SSSR count). The Labute approximate surface area is 213 Å². The highest BCUT2D eigenvalue weighted by atomic mass is 32.2. The van der Waals surface area contributed by atoms with E-state index in [1.807, 2.05) is 45.9 Å². The molecule has 1 heterocycles. The van der Waals surface area contributed by atoms with Gasteiger partial charge in [-0.05, 0) is 75.2 Å². The summed E-state index contributed by atoms with van der Waals surface area (Å²) in [5.74, 6) is 0.892. The van der Waals surface area contributed by atoms with E-state index >= 15 is 0 Å². The number of sulfonamides is 1. The van der Waals surface area contributed by atoms with E-state index in [1.165, 1.54) is 16.4 Å². The quantitative estimate of drug-likeness (QED) is 0.489. The van der Waals surface area contributed by atoms with Crippen molar-refractivity contribution in [2.24, 2.45) is 0 Å². The molecule has 3 aromatic carbocycles. The van der Waals surface area contributed by atoms with Crippen molar-refractivity contribution in [2.75, 3.05) is 18.0 Å². The summed E-state index contributed by atoms with van der Waals surface area (Å²) in [5, 5.41) is 3.06. The van der Waals surface area contributed by atoms with Crippen molar-refractivity contribution < 1.29 is 22.7 Å². The van der Waals surface area contributed by atoms with Gasteiger partial charge in [0.2, 0.25) is 5.91 Å². The lowest BCUT2D eigenvalue weighted by Gasteiger charge is -2.38. The number of nitrogens with one attached hydrogen (secondary N) is 1. The third kappa shape index (κ3) is 5.49. The molecule has 8 heteroatoms. The standard InChI is InChI=1S/C28H32N2O5S/c1-19-13-20(2)15-21(14-19)30(36(32,33)23-9-7-6-8-10-23)18-27(31)29-25-17-28(3,4)35-26-16-22(34-5)11-12-24(25)26/h6-16,25H,17-18H2,1-5H3,(H,29,31). The molecule has 3 aromatic rings. The number of hydrogen-bond donors (Lipinski definition) is 1. The lowest BCUT2D eigenvalue weighted by molar-refractivity contribution is -0.120. The first kappa shape index (κ1) is 25.6. The molecule has 1 unspecified atom stereocenters. The number of ether oxygens (including phenoxy) is 2. The normalized spacial score (nSPS) is 16.4. The number of hydrogen-bond acceptors (Lipinski definition) is 5. The molecular weight excluding hydrogens is 476 g/mol. The molecular formula is C28H32N2O5S. The van der Waals surface area contributed by atoms with Gasteiger partial charge in [0.25, 0.3) is 10.0 Å². The average molecular weight is 509 g/mol. The maximum absolute atomic E-state index is 13.7. The smallest absolute Gasteiger partial charge is 0.264 e. The Bertz CT molecular complexity index is 1350. The summed E-state index contributed by atoms with van der Waals surface area (Å²) < 4.78 is 40.0. The largest absolute Gasteiger partial charge is 0.497 e. The van der Waals surface area contributed by atoms with E-state index in [1.54, 1.807) is 43.5 Å². The van der Waals surface area contributed by atoms with E-state index < -0.39 is 21.5 Å². The minimum atomic E-state index is -3.98. The summed E-state index contributed by atoms with van der Waals surface area (Å²) in [7, 11) is -2.40. The van der Waals surface area contributed by atoms with Crippen molar-refractivity contribution in [3.8, 4) is 11.5 Å². The topological polar surface area (TPSA) is 84.9 Å². The number of benzene rings is 3. The second-order valence-electron chi connectivity index (χ2n) is 9.76. The Balaban J connectivity index is 1.67. The van der Waals surface area contributed by atoms with Crippen LogP contribution in [0.2, 0.25) is 0 Å². The molecule has 190 valence electrons. The van der Waals surface area contributed by atoms with Gasteiger partial charge in [0, 0.05) is 18.1 Å². The molecule has 1 atom stereocenters. The van der Waals surface area contributed by atoms with Gasteiger partial charge in [0.15, 0.2) is 0 Å². The SMILES string of the molecule is COc1ccc2c(c1)OC(C)(C)CC2NC(=O)CN(c1cc(C)cc(C)c1)S(=O)(=O)c1ccccc1. The van der Waals surface area contributed by atoms with Crippen molar-refractivity contribution >= 4 is 21.6 Å². The number of aryl methyl sites for hydroxylation is 2. The van der Waals surface area contributed by atoms with Gasteiger partial charge in [-0.2, -0.15) is 0 Å². The lowest BCUT2D eigenvalue weighted by Crippen LogP contribution is -2.45. The van der Waals surface area contributed by atoms with Crippen LogP contribution in [0.4, 0.5) is 5.69 Å². The highest BCUT2D eigenvalue weighted by Gasteiger charge is 2.36. The minimum Gasteiger partial charge on any atom is -0.497 e. The maximum Gasteiger partial charge on any atom is 0.264 e. The molecule has 0 radical (unpaired) electrons. The van der Waals surface area contributed by atoms with E-state index in [4.69, 9.17) is 9.47 Å². The van der Waals surface area contributed by atoms with Crippen LogP contribution >= 0.6 is 0 Å². The van der Waals surface area contributed by atoms with Crippen molar-refractivity contribution in [1.82, 2.24) is 5.32 Å². The van der Waals surface area contributed by atoms with Crippen molar-refractivity contribution in [3.63, 3.8) is 0 Å². The van der Waals surface area contributed by atoms with Gasteiger partial charge < -0.3 is 14.8 Å². The summed E-state index contributed by atoms with van der Waals surface area (Å²) in [6.07, 6.45) is 0.535. The van der Waals surface area contributed by atoms with E-state index in [9.17, 15) is 13.2 Å². The molecule has 0 aliphatic carbocycles. The average Bonchev–Trinajstić information content (AvgIpc) is 2.81. The third-order valence-electron chi connectivity index (χ3n) is 6.13. The van der Waals surface area contributed by atoms with Crippen LogP contribution in [0, 0.1) is 13.8 Å². The van der Waals surface area contributed by atoms with Gasteiger partial charge in [-0.1, -0.05) is 24.3 Å².